The fourth-order valence-corrected chi connectivity index (χ4v) is 2.40. The van der Waals surface area contributed by atoms with Gasteiger partial charge in [0.05, 0.1) is 52.9 Å². The van der Waals surface area contributed by atoms with Gasteiger partial charge in [0.25, 0.3) is 0 Å². The zero-order chi connectivity index (χ0) is 25.0. The molecule has 0 saturated heterocycles. The second kappa shape index (κ2) is 19.1. The van der Waals surface area contributed by atoms with Crippen LogP contribution in [0.1, 0.15) is 67.2 Å². The first-order chi connectivity index (χ1) is 15.5. The summed E-state index contributed by atoms with van der Waals surface area (Å²) in [5.41, 5.74) is -0.889. The molecule has 33 heavy (non-hydrogen) atoms. The van der Waals surface area contributed by atoms with Gasteiger partial charge >= 0.3 is 11.9 Å². The van der Waals surface area contributed by atoms with Gasteiger partial charge in [0.1, 0.15) is 11.2 Å². The van der Waals surface area contributed by atoms with Crippen LogP contribution in [-0.2, 0) is 42.7 Å². The highest BCUT2D eigenvalue weighted by molar-refractivity contribution is 5.70. The molecule has 0 aromatic heterocycles. The molecule has 0 atom stereocenters. The van der Waals surface area contributed by atoms with Crippen molar-refractivity contribution in [3.05, 3.63) is 0 Å². The van der Waals surface area contributed by atoms with Crippen LogP contribution in [0.15, 0.2) is 0 Å². The Morgan fingerprint density at radius 3 is 0.939 bits per heavy atom. The van der Waals surface area contributed by atoms with Crippen molar-refractivity contribution in [2.75, 3.05) is 66.1 Å². The van der Waals surface area contributed by atoms with Crippen molar-refractivity contribution in [1.82, 2.24) is 0 Å². The van der Waals surface area contributed by atoms with Gasteiger partial charge in [-0.3, -0.25) is 9.59 Å². The van der Waals surface area contributed by atoms with Crippen molar-refractivity contribution in [2.24, 2.45) is 0 Å². The van der Waals surface area contributed by atoms with Crippen LogP contribution < -0.4 is 0 Å². The van der Waals surface area contributed by atoms with Crippen molar-refractivity contribution >= 4 is 11.9 Å². The number of hydrogen-bond acceptors (Lipinski definition) is 9. The van der Waals surface area contributed by atoms with Crippen molar-refractivity contribution in [3.8, 4) is 0 Å². The molecule has 0 aliphatic rings. The lowest BCUT2D eigenvalue weighted by atomic mass is 10.2. The fourth-order valence-electron chi connectivity index (χ4n) is 2.40. The number of rotatable bonds is 20. The monoisotopic (exact) mass is 478 g/mol. The van der Waals surface area contributed by atoms with Crippen LogP contribution in [0.5, 0.6) is 0 Å². The third kappa shape index (κ3) is 26.9. The Morgan fingerprint density at radius 1 is 0.455 bits per heavy atom. The maximum atomic E-state index is 11.5. The number of carbonyl (C=O) groups excluding carboxylic acids is 2. The highest BCUT2D eigenvalue weighted by atomic mass is 16.6. The van der Waals surface area contributed by atoms with E-state index in [1.807, 2.05) is 41.5 Å². The van der Waals surface area contributed by atoms with E-state index < -0.39 is 11.2 Å². The molecule has 196 valence electrons. The molecule has 9 heteroatoms. The molecule has 9 nitrogen and oxygen atoms in total. The van der Waals surface area contributed by atoms with Gasteiger partial charge in [-0.15, -0.1) is 0 Å². The zero-order valence-electron chi connectivity index (χ0n) is 21.6. The summed E-state index contributed by atoms with van der Waals surface area (Å²) >= 11 is 0. The van der Waals surface area contributed by atoms with E-state index in [1.54, 1.807) is 0 Å². The molecule has 0 unspecified atom stereocenters. The standard InChI is InChI=1S/C24H46O9/c1-23(2,3)32-21(25)9-7-11-27-13-15-29-17-19-31-20-18-30-16-14-28-12-8-10-22(26)33-24(4,5)6/h7-20H2,1-6H3. The Labute approximate surface area is 199 Å². The molecule has 0 spiro atoms. The quantitative estimate of drug-likeness (QED) is 0.193. The topological polar surface area (TPSA) is 98.8 Å². The normalized spacial score (nSPS) is 12.1. The van der Waals surface area contributed by atoms with Gasteiger partial charge in [-0.2, -0.15) is 0 Å². The maximum absolute atomic E-state index is 11.5. The lowest BCUT2D eigenvalue weighted by molar-refractivity contribution is -0.156. The van der Waals surface area contributed by atoms with E-state index >= 15 is 0 Å². The van der Waals surface area contributed by atoms with Gasteiger partial charge in [-0.05, 0) is 54.4 Å². The van der Waals surface area contributed by atoms with Crippen LogP contribution in [0.2, 0.25) is 0 Å². The highest BCUT2D eigenvalue weighted by Crippen LogP contribution is 2.09. The van der Waals surface area contributed by atoms with E-state index in [0.717, 1.165) is 0 Å². The predicted octanol–water partition coefficient (Wildman–Crippen LogP) is 3.31. The van der Waals surface area contributed by atoms with E-state index in [4.69, 9.17) is 33.2 Å². The van der Waals surface area contributed by atoms with E-state index in [-0.39, 0.29) is 11.9 Å². The van der Waals surface area contributed by atoms with Gasteiger partial charge < -0.3 is 33.2 Å². The van der Waals surface area contributed by atoms with Crippen LogP contribution in [0.4, 0.5) is 0 Å². The summed E-state index contributed by atoms with van der Waals surface area (Å²) in [6.45, 7) is 16.0. The Kier molecular flexibility index (Phi) is 18.4. The fraction of sp³-hybridized carbons (Fsp3) is 0.917. The minimum absolute atomic E-state index is 0.203. The molecule has 0 aliphatic heterocycles. The molecule has 0 heterocycles. The second-order valence-electron chi connectivity index (χ2n) is 9.44. The largest absolute Gasteiger partial charge is 0.460 e. The Bertz CT molecular complexity index is 451. The molecule has 0 fully saturated rings. The molecule has 0 aliphatic carbocycles. The molecule has 0 aromatic carbocycles. The summed E-state index contributed by atoms with van der Waals surface area (Å²) in [4.78, 5) is 23.1. The first kappa shape index (κ1) is 31.7. The molecule has 0 amide bonds. The summed E-state index contributed by atoms with van der Waals surface area (Å²) in [6.07, 6.45) is 1.98. The number of ether oxygens (including phenoxy) is 7. The third-order valence-corrected chi connectivity index (χ3v) is 3.67. The van der Waals surface area contributed by atoms with E-state index in [0.29, 0.717) is 91.8 Å². The van der Waals surface area contributed by atoms with Crippen LogP contribution >= 0.6 is 0 Å². The summed E-state index contributed by atoms with van der Waals surface area (Å²) in [5, 5.41) is 0. The Morgan fingerprint density at radius 2 is 0.697 bits per heavy atom. The number of hydrogen-bond donors (Lipinski definition) is 0. The highest BCUT2D eigenvalue weighted by Gasteiger charge is 2.16. The Hall–Kier alpha value is -1.26. The molecule has 0 radical (unpaired) electrons. The molecular formula is C24H46O9. The van der Waals surface area contributed by atoms with Crippen molar-refractivity contribution < 1.29 is 42.7 Å². The van der Waals surface area contributed by atoms with Gasteiger partial charge in [-0.25, -0.2) is 0 Å². The molecule has 0 bridgehead atoms. The first-order valence-corrected chi connectivity index (χ1v) is 11.8. The summed E-state index contributed by atoms with van der Waals surface area (Å²) in [7, 11) is 0. The molecule has 0 N–H and O–H groups in total. The van der Waals surface area contributed by atoms with Crippen molar-refractivity contribution in [1.29, 1.82) is 0 Å². The van der Waals surface area contributed by atoms with E-state index in [2.05, 4.69) is 0 Å². The number of esters is 2. The Balaban J connectivity index is 3.22. The summed E-state index contributed by atoms with van der Waals surface area (Å²) in [6, 6.07) is 0. The first-order valence-electron chi connectivity index (χ1n) is 11.8. The zero-order valence-corrected chi connectivity index (χ0v) is 21.6. The van der Waals surface area contributed by atoms with Crippen molar-refractivity contribution in [2.45, 2.75) is 78.4 Å². The van der Waals surface area contributed by atoms with E-state index in [1.165, 1.54) is 0 Å². The molecular weight excluding hydrogens is 432 g/mol. The minimum Gasteiger partial charge on any atom is -0.460 e. The SMILES string of the molecule is CC(C)(C)OC(=O)CCCOCCOCCOCCOCCOCCCC(=O)OC(C)(C)C. The lowest BCUT2D eigenvalue weighted by Crippen LogP contribution is -2.23. The van der Waals surface area contributed by atoms with E-state index in [9.17, 15) is 9.59 Å². The average Bonchev–Trinajstić information content (AvgIpc) is 2.67. The van der Waals surface area contributed by atoms with Crippen LogP contribution in [0.3, 0.4) is 0 Å². The average molecular weight is 479 g/mol. The van der Waals surface area contributed by atoms with Crippen molar-refractivity contribution in [3.63, 3.8) is 0 Å². The number of carbonyl (C=O) groups is 2. The van der Waals surface area contributed by atoms with Gasteiger partial charge in [0, 0.05) is 26.1 Å². The molecule has 0 aromatic rings. The van der Waals surface area contributed by atoms with Crippen LogP contribution in [-0.4, -0.2) is 89.2 Å². The predicted molar refractivity (Wildman–Crippen MR) is 124 cm³/mol. The van der Waals surface area contributed by atoms with Gasteiger partial charge in [0.15, 0.2) is 0 Å². The lowest BCUT2D eigenvalue weighted by Gasteiger charge is -2.19. The summed E-state index contributed by atoms with van der Waals surface area (Å²) in [5.74, 6) is -0.405. The molecule has 0 saturated carbocycles. The van der Waals surface area contributed by atoms with Crippen LogP contribution in [0, 0.1) is 0 Å². The smallest absolute Gasteiger partial charge is 0.306 e. The summed E-state index contributed by atoms with van der Waals surface area (Å²) < 4.78 is 37.6. The molecule has 0 rings (SSSR count). The minimum atomic E-state index is -0.445. The third-order valence-electron chi connectivity index (χ3n) is 3.67. The van der Waals surface area contributed by atoms with Gasteiger partial charge in [0.2, 0.25) is 0 Å². The maximum Gasteiger partial charge on any atom is 0.306 e. The van der Waals surface area contributed by atoms with Gasteiger partial charge in [-0.1, -0.05) is 0 Å². The van der Waals surface area contributed by atoms with Crippen LogP contribution in [0.25, 0.3) is 0 Å². The second-order valence-corrected chi connectivity index (χ2v) is 9.44.